The fourth-order valence-corrected chi connectivity index (χ4v) is 7.63. The van der Waals surface area contributed by atoms with Gasteiger partial charge in [0.25, 0.3) is 5.69 Å². The number of rotatable bonds is 7. The van der Waals surface area contributed by atoms with Gasteiger partial charge in [-0.1, -0.05) is 48.5 Å². The molecule has 258 valence electrons. The fraction of sp³-hybridized carbons (Fsp3) is 0.611. The molecular formula is C36H48N6O6. The van der Waals surface area contributed by atoms with Crippen LogP contribution >= 0.6 is 0 Å². The molecule has 0 amide bonds. The Morgan fingerprint density at radius 2 is 1.81 bits per heavy atom. The number of ether oxygens (including phenoxy) is 2. The number of aromatic amines is 1. The number of anilines is 1. The van der Waals surface area contributed by atoms with Gasteiger partial charge in [0, 0.05) is 42.8 Å². The highest BCUT2D eigenvalue weighted by Crippen LogP contribution is 2.50. The molecule has 2 fully saturated rings. The Balaban J connectivity index is 1.48. The van der Waals surface area contributed by atoms with Gasteiger partial charge in [-0.15, -0.1) is 0 Å². The highest BCUT2D eigenvalue weighted by molar-refractivity contribution is 5.99. The SMILES string of the molecule is CCOC(=O)C1CCCN(c2ccc(-c3nc4c(C(=O)OC5C(C(C)(C)C)CC(C)CC5C(C)(C)C)c(C#N)cn4[nH]3)cc2[N+](=O)[O-])C1. The van der Waals surface area contributed by atoms with E-state index in [4.69, 9.17) is 9.47 Å². The van der Waals surface area contributed by atoms with Crippen LogP contribution in [-0.4, -0.2) is 57.3 Å². The van der Waals surface area contributed by atoms with Crippen molar-refractivity contribution in [3.63, 3.8) is 0 Å². The molecule has 2 aromatic heterocycles. The van der Waals surface area contributed by atoms with Crippen molar-refractivity contribution < 1.29 is 24.0 Å². The minimum atomic E-state index is -0.599. The molecule has 3 heterocycles. The fourth-order valence-electron chi connectivity index (χ4n) is 7.63. The average Bonchev–Trinajstić information content (AvgIpc) is 3.58. The molecule has 1 aliphatic heterocycles. The van der Waals surface area contributed by atoms with Crippen LogP contribution in [0.3, 0.4) is 0 Å². The number of hydrogen-bond acceptors (Lipinski definition) is 9. The van der Waals surface area contributed by atoms with Crippen molar-refractivity contribution in [2.75, 3.05) is 24.6 Å². The number of nitro groups is 1. The van der Waals surface area contributed by atoms with Crippen molar-refractivity contribution in [2.45, 2.75) is 87.2 Å². The average molecular weight is 661 g/mol. The molecule has 1 saturated heterocycles. The maximum Gasteiger partial charge on any atom is 0.343 e. The van der Waals surface area contributed by atoms with Gasteiger partial charge in [0.05, 0.1) is 23.0 Å². The molecule has 1 aromatic carbocycles. The van der Waals surface area contributed by atoms with Gasteiger partial charge in [-0.3, -0.25) is 20.0 Å². The molecular weight excluding hydrogens is 612 g/mol. The summed E-state index contributed by atoms with van der Waals surface area (Å²) >= 11 is 0. The van der Waals surface area contributed by atoms with Gasteiger partial charge in [-0.2, -0.15) is 5.26 Å². The van der Waals surface area contributed by atoms with Crippen molar-refractivity contribution in [3.05, 3.63) is 45.6 Å². The maximum atomic E-state index is 14.1. The minimum Gasteiger partial charge on any atom is -0.466 e. The number of nitrogens with one attached hydrogen (secondary N) is 1. The summed E-state index contributed by atoms with van der Waals surface area (Å²) in [7, 11) is 0. The van der Waals surface area contributed by atoms with Crippen molar-refractivity contribution in [1.82, 2.24) is 14.6 Å². The third-order valence-corrected chi connectivity index (χ3v) is 10.1. The number of nitrogens with zero attached hydrogens (tertiary/aromatic N) is 5. The van der Waals surface area contributed by atoms with Crippen LogP contribution < -0.4 is 4.90 Å². The van der Waals surface area contributed by atoms with Crippen LogP contribution in [-0.2, 0) is 14.3 Å². The standard InChI is InChI=1S/C36H48N6O6/c1-9-47-33(43)23-11-10-14-40(19-23)27-13-12-22(17-28(27)42(45)46)31-38-32-29(24(18-37)20-41(32)39-31)34(44)48-30-25(35(3,4)5)15-21(2)16-26(30)36(6,7)8/h12-13,17,20-21,23,25-26,30H,9-11,14-16,19H2,1-8H3,(H,38,39). The Labute approximate surface area is 281 Å². The molecule has 0 spiro atoms. The first-order chi connectivity index (χ1) is 22.5. The Kier molecular flexibility index (Phi) is 9.64. The highest BCUT2D eigenvalue weighted by Gasteiger charge is 2.48. The third-order valence-electron chi connectivity index (χ3n) is 10.1. The first kappa shape index (κ1) is 34.9. The lowest BCUT2D eigenvalue weighted by molar-refractivity contribution is -0.384. The van der Waals surface area contributed by atoms with E-state index in [-0.39, 0.29) is 69.7 Å². The Morgan fingerprint density at radius 3 is 2.40 bits per heavy atom. The Hall–Kier alpha value is -4.40. The topological polar surface area (TPSA) is 156 Å². The van der Waals surface area contributed by atoms with Crippen LogP contribution in [0.25, 0.3) is 17.0 Å². The lowest BCUT2D eigenvalue weighted by Crippen LogP contribution is -2.49. The highest BCUT2D eigenvalue weighted by atomic mass is 16.6. The number of aromatic nitrogens is 3. The predicted molar refractivity (Wildman–Crippen MR) is 181 cm³/mol. The van der Waals surface area contributed by atoms with E-state index in [0.29, 0.717) is 48.9 Å². The van der Waals surface area contributed by atoms with E-state index in [1.54, 1.807) is 19.1 Å². The smallest absolute Gasteiger partial charge is 0.343 e. The summed E-state index contributed by atoms with van der Waals surface area (Å²) in [5, 5.41) is 25.3. The van der Waals surface area contributed by atoms with Crippen LogP contribution in [0.15, 0.2) is 24.4 Å². The van der Waals surface area contributed by atoms with Gasteiger partial charge < -0.3 is 14.4 Å². The number of benzene rings is 1. The van der Waals surface area contributed by atoms with Gasteiger partial charge in [0.1, 0.15) is 23.4 Å². The summed E-state index contributed by atoms with van der Waals surface area (Å²) in [6, 6.07) is 6.95. The molecule has 3 atom stereocenters. The minimum absolute atomic E-state index is 0.0726. The largest absolute Gasteiger partial charge is 0.466 e. The van der Waals surface area contributed by atoms with Crippen LogP contribution in [0.4, 0.5) is 11.4 Å². The molecule has 12 nitrogen and oxygen atoms in total. The Morgan fingerprint density at radius 1 is 1.15 bits per heavy atom. The van der Waals surface area contributed by atoms with E-state index in [2.05, 4.69) is 64.6 Å². The number of carbonyl (C=O) groups is 2. The first-order valence-electron chi connectivity index (χ1n) is 17.0. The summed E-state index contributed by atoms with van der Waals surface area (Å²) in [6.07, 6.45) is 4.41. The number of esters is 2. The summed E-state index contributed by atoms with van der Waals surface area (Å²) < 4.78 is 13.1. The lowest BCUT2D eigenvalue weighted by Gasteiger charge is -2.50. The van der Waals surface area contributed by atoms with Crippen LogP contribution in [0.2, 0.25) is 0 Å². The molecule has 3 aromatic rings. The van der Waals surface area contributed by atoms with Gasteiger partial charge >= 0.3 is 11.9 Å². The van der Waals surface area contributed by atoms with Crippen molar-refractivity contribution >= 4 is 29.0 Å². The van der Waals surface area contributed by atoms with Gasteiger partial charge in [-0.05, 0) is 61.5 Å². The summed E-state index contributed by atoms with van der Waals surface area (Å²) in [5.41, 5.74) is 0.944. The van der Waals surface area contributed by atoms with E-state index in [1.807, 2.05) is 4.90 Å². The van der Waals surface area contributed by atoms with Gasteiger partial charge in [-0.25, -0.2) is 14.3 Å². The van der Waals surface area contributed by atoms with Crippen molar-refractivity contribution in [2.24, 2.45) is 34.5 Å². The molecule has 5 rings (SSSR count). The summed E-state index contributed by atoms with van der Waals surface area (Å²) in [4.78, 5) is 44.8. The number of nitro benzene ring substituents is 1. The van der Waals surface area contributed by atoms with Crippen LogP contribution in [0, 0.1) is 55.9 Å². The molecule has 1 aliphatic carbocycles. The molecule has 48 heavy (non-hydrogen) atoms. The van der Waals surface area contributed by atoms with Crippen molar-refractivity contribution in [3.8, 4) is 17.5 Å². The second kappa shape index (κ2) is 13.2. The number of hydrogen-bond donors (Lipinski definition) is 1. The van der Waals surface area contributed by atoms with Crippen LogP contribution in [0.1, 0.15) is 97.0 Å². The number of nitriles is 1. The first-order valence-corrected chi connectivity index (χ1v) is 17.0. The quantitative estimate of drug-likeness (QED) is 0.158. The summed E-state index contributed by atoms with van der Waals surface area (Å²) in [6.45, 7) is 18.3. The zero-order valence-corrected chi connectivity index (χ0v) is 29.3. The van der Waals surface area contributed by atoms with Gasteiger partial charge in [0.15, 0.2) is 11.5 Å². The van der Waals surface area contributed by atoms with E-state index < -0.39 is 10.9 Å². The number of carbonyl (C=O) groups excluding carboxylic acids is 2. The van der Waals surface area contributed by atoms with E-state index >= 15 is 0 Å². The third kappa shape index (κ3) is 6.91. The van der Waals surface area contributed by atoms with Crippen LogP contribution in [0.5, 0.6) is 0 Å². The second-order valence-electron chi connectivity index (χ2n) is 15.7. The molecule has 0 radical (unpaired) electrons. The van der Waals surface area contributed by atoms with E-state index in [9.17, 15) is 25.0 Å². The number of fused-ring (bicyclic) bond motifs is 1. The molecule has 12 heteroatoms. The Bertz CT molecular complexity index is 1710. The molecule has 3 unspecified atom stereocenters. The second-order valence-corrected chi connectivity index (χ2v) is 15.7. The van der Waals surface area contributed by atoms with Gasteiger partial charge in [0.2, 0.25) is 0 Å². The van der Waals surface area contributed by atoms with E-state index in [0.717, 1.165) is 12.8 Å². The zero-order valence-electron chi connectivity index (χ0n) is 29.3. The monoisotopic (exact) mass is 660 g/mol. The van der Waals surface area contributed by atoms with Crippen molar-refractivity contribution in [1.29, 1.82) is 5.26 Å². The summed E-state index contributed by atoms with van der Waals surface area (Å²) in [5.74, 6) is -0.210. The zero-order chi connectivity index (χ0) is 35.1. The van der Waals surface area contributed by atoms with E-state index in [1.165, 1.54) is 16.8 Å². The lowest BCUT2D eigenvalue weighted by atomic mass is 9.59. The number of H-pyrrole nitrogens is 1. The molecule has 0 bridgehead atoms. The predicted octanol–water partition coefficient (Wildman–Crippen LogP) is 7.17. The molecule has 1 saturated carbocycles. The normalized spacial score (nSPS) is 23.5. The number of piperidine rings is 1. The molecule has 2 aliphatic rings. The molecule has 1 N–H and O–H groups in total. The maximum absolute atomic E-state index is 14.1.